The summed E-state index contributed by atoms with van der Waals surface area (Å²) in [6.45, 7) is 8.38. The first kappa shape index (κ1) is 22.9. The van der Waals surface area contributed by atoms with E-state index in [-0.39, 0.29) is 35.9 Å². The van der Waals surface area contributed by atoms with E-state index in [0.29, 0.717) is 25.6 Å². The van der Waals surface area contributed by atoms with Gasteiger partial charge in [-0.1, -0.05) is 6.92 Å². The van der Waals surface area contributed by atoms with Gasteiger partial charge in [0.2, 0.25) is 5.91 Å². The normalized spacial score (nSPS) is 23.2. The number of nitrogens with zero attached hydrogens (tertiary/aromatic N) is 5. The first-order valence-electron chi connectivity index (χ1n) is 9.97. The minimum absolute atomic E-state index is 0. The molecule has 1 aromatic heterocycles. The number of likely N-dealkylation sites (tertiary alicyclic amines) is 1. The summed E-state index contributed by atoms with van der Waals surface area (Å²) in [6.07, 6.45) is 3.85. The Bertz CT molecular complexity index is 667. The highest BCUT2D eigenvalue weighted by Crippen LogP contribution is 2.15. The average Bonchev–Trinajstić information content (AvgIpc) is 3.26. The van der Waals surface area contributed by atoms with Gasteiger partial charge in [0.05, 0.1) is 0 Å². The zero-order valence-corrected chi connectivity index (χ0v) is 19.4. The Morgan fingerprint density at radius 2 is 2.18 bits per heavy atom. The predicted molar refractivity (Wildman–Crippen MR) is 120 cm³/mol. The van der Waals surface area contributed by atoms with E-state index in [2.05, 4.69) is 38.0 Å². The average molecular weight is 504 g/mol. The highest BCUT2D eigenvalue weighted by atomic mass is 127. The van der Waals surface area contributed by atoms with Gasteiger partial charge in [0, 0.05) is 38.6 Å². The molecule has 0 aliphatic carbocycles. The van der Waals surface area contributed by atoms with E-state index in [0.717, 1.165) is 37.1 Å². The van der Waals surface area contributed by atoms with Crippen LogP contribution in [0.4, 0.5) is 0 Å². The summed E-state index contributed by atoms with van der Waals surface area (Å²) < 4.78 is 1.96. The molecule has 2 fully saturated rings. The zero-order chi connectivity index (χ0) is 19.2. The summed E-state index contributed by atoms with van der Waals surface area (Å²) in [7, 11) is 1.95. The molecule has 2 atom stereocenters. The fourth-order valence-corrected chi connectivity index (χ4v) is 3.70. The minimum Gasteiger partial charge on any atom is -0.355 e. The van der Waals surface area contributed by atoms with Crippen molar-refractivity contribution >= 4 is 35.8 Å². The molecule has 0 radical (unpaired) electrons. The molecular weight excluding hydrogens is 471 g/mol. The number of halogens is 1. The van der Waals surface area contributed by atoms with Crippen LogP contribution in [-0.4, -0.2) is 69.8 Å². The quantitative estimate of drug-likeness (QED) is 0.297. The topological polar surface area (TPSA) is 99.5 Å². The summed E-state index contributed by atoms with van der Waals surface area (Å²) >= 11 is 0. The van der Waals surface area contributed by atoms with Crippen molar-refractivity contribution in [1.82, 2.24) is 35.6 Å². The van der Waals surface area contributed by atoms with Crippen molar-refractivity contribution < 1.29 is 4.79 Å². The number of aromatic nitrogens is 3. The number of carbonyl (C=O) groups excluding carboxylic acids is 1. The number of guanidine groups is 1. The van der Waals surface area contributed by atoms with Crippen molar-refractivity contribution in [2.75, 3.05) is 26.2 Å². The van der Waals surface area contributed by atoms with Gasteiger partial charge in [0.15, 0.2) is 11.8 Å². The maximum atomic E-state index is 11.4. The van der Waals surface area contributed by atoms with Crippen LogP contribution >= 0.6 is 24.0 Å². The van der Waals surface area contributed by atoms with Crippen LogP contribution in [0.1, 0.15) is 44.3 Å². The third-order valence-electron chi connectivity index (χ3n) is 5.58. The fourth-order valence-electron chi connectivity index (χ4n) is 3.70. The number of aliphatic imine (C=N–C) groups is 1. The molecule has 158 valence electrons. The Morgan fingerprint density at radius 3 is 2.82 bits per heavy atom. The van der Waals surface area contributed by atoms with Crippen molar-refractivity contribution in [3.63, 3.8) is 0 Å². The number of rotatable bonds is 6. The van der Waals surface area contributed by atoms with Crippen LogP contribution in [0.5, 0.6) is 0 Å². The van der Waals surface area contributed by atoms with Crippen molar-refractivity contribution in [1.29, 1.82) is 0 Å². The Morgan fingerprint density at radius 1 is 1.36 bits per heavy atom. The van der Waals surface area contributed by atoms with Crippen LogP contribution in [-0.2, 0) is 18.4 Å². The standard InChI is InChI=1S/C18H32N8O.HI/c1-4-26-9-5-6-15(26)11-20-18(22-14-7-8-17(27)19-10-14)21-12-16-24-23-13(2)25(16)3;/h14-15H,4-12H2,1-3H3,(H,19,27)(H2,20,21,22);1H. The van der Waals surface area contributed by atoms with Crippen molar-refractivity contribution in [3.8, 4) is 0 Å². The van der Waals surface area contributed by atoms with Gasteiger partial charge < -0.3 is 20.5 Å². The van der Waals surface area contributed by atoms with E-state index >= 15 is 0 Å². The third-order valence-corrected chi connectivity index (χ3v) is 5.58. The SMILES string of the molecule is CCN1CCCC1CNC(=NCc1nnc(C)n1C)NC1CCC(=O)NC1.I. The number of carbonyl (C=O) groups is 1. The monoisotopic (exact) mass is 504 g/mol. The lowest BCUT2D eigenvalue weighted by Gasteiger charge is -2.27. The number of nitrogens with one attached hydrogen (secondary N) is 3. The van der Waals surface area contributed by atoms with Crippen LogP contribution in [0.25, 0.3) is 0 Å². The second kappa shape index (κ2) is 10.9. The van der Waals surface area contributed by atoms with Crippen LogP contribution < -0.4 is 16.0 Å². The Kier molecular flexibility index (Phi) is 8.93. The highest BCUT2D eigenvalue weighted by Gasteiger charge is 2.24. The molecule has 2 aliphatic heterocycles. The van der Waals surface area contributed by atoms with Gasteiger partial charge in [-0.15, -0.1) is 34.2 Å². The number of aryl methyl sites for hydroxylation is 1. The molecule has 0 bridgehead atoms. The molecule has 0 saturated carbocycles. The Labute approximate surface area is 184 Å². The molecule has 3 rings (SSSR count). The number of hydrogen-bond donors (Lipinski definition) is 3. The number of amides is 1. The lowest BCUT2D eigenvalue weighted by molar-refractivity contribution is -0.122. The molecular formula is C18H33IN8O. The molecule has 0 aromatic carbocycles. The van der Waals surface area contributed by atoms with E-state index in [1.807, 2.05) is 18.5 Å². The molecule has 1 aromatic rings. The molecule has 0 spiro atoms. The summed E-state index contributed by atoms with van der Waals surface area (Å²) in [6, 6.07) is 0.742. The molecule has 2 aliphatic rings. The van der Waals surface area contributed by atoms with Gasteiger partial charge in [-0.25, -0.2) is 4.99 Å². The van der Waals surface area contributed by atoms with Gasteiger partial charge in [0.25, 0.3) is 0 Å². The van der Waals surface area contributed by atoms with Crippen LogP contribution in [0.15, 0.2) is 4.99 Å². The smallest absolute Gasteiger partial charge is 0.220 e. The van der Waals surface area contributed by atoms with Crippen molar-refractivity contribution in [3.05, 3.63) is 11.6 Å². The first-order chi connectivity index (χ1) is 13.1. The van der Waals surface area contributed by atoms with E-state index in [9.17, 15) is 4.79 Å². The molecule has 3 heterocycles. The molecule has 3 N–H and O–H groups in total. The summed E-state index contributed by atoms with van der Waals surface area (Å²) in [4.78, 5) is 18.6. The van der Waals surface area contributed by atoms with E-state index in [1.165, 1.54) is 19.4 Å². The van der Waals surface area contributed by atoms with Gasteiger partial charge >= 0.3 is 0 Å². The molecule has 2 unspecified atom stereocenters. The minimum atomic E-state index is 0. The van der Waals surface area contributed by atoms with Gasteiger partial charge in [-0.05, 0) is 39.3 Å². The fraction of sp³-hybridized carbons (Fsp3) is 0.778. The summed E-state index contributed by atoms with van der Waals surface area (Å²) in [5.41, 5.74) is 0. The van der Waals surface area contributed by atoms with Crippen molar-refractivity contribution in [2.24, 2.45) is 12.0 Å². The second-order valence-electron chi connectivity index (χ2n) is 7.38. The second-order valence-corrected chi connectivity index (χ2v) is 7.38. The predicted octanol–water partition coefficient (Wildman–Crippen LogP) is 0.540. The Hall–Kier alpha value is -1.43. The summed E-state index contributed by atoms with van der Waals surface area (Å²) in [5, 5.41) is 18.2. The molecule has 28 heavy (non-hydrogen) atoms. The molecule has 2 saturated heterocycles. The highest BCUT2D eigenvalue weighted by molar-refractivity contribution is 14.0. The summed E-state index contributed by atoms with van der Waals surface area (Å²) in [5.74, 6) is 2.61. The van der Waals surface area contributed by atoms with Gasteiger partial charge in [0.1, 0.15) is 12.4 Å². The molecule has 9 nitrogen and oxygen atoms in total. The van der Waals surface area contributed by atoms with E-state index < -0.39 is 0 Å². The first-order valence-corrected chi connectivity index (χ1v) is 9.97. The maximum Gasteiger partial charge on any atom is 0.220 e. The number of likely N-dealkylation sites (N-methyl/N-ethyl adjacent to an activating group) is 1. The zero-order valence-electron chi connectivity index (χ0n) is 17.1. The maximum absolute atomic E-state index is 11.4. The van der Waals surface area contributed by atoms with Crippen molar-refractivity contribution in [2.45, 2.75) is 58.2 Å². The third kappa shape index (κ3) is 6.03. The Balaban J connectivity index is 0.00000280. The molecule has 1 amide bonds. The molecule has 10 heteroatoms. The lowest BCUT2D eigenvalue weighted by Crippen LogP contribution is -2.53. The van der Waals surface area contributed by atoms with E-state index in [4.69, 9.17) is 4.99 Å². The van der Waals surface area contributed by atoms with Crippen LogP contribution in [0, 0.1) is 6.92 Å². The van der Waals surface area contributed by atoms with Crippen LogP contribution in [0.2, 0.25) is 0 Å². The van der Waals surface area contributed by atoms with Gasteiger partial charge in [-0.2, -0.15) is 0 Å². The van der Waals surface area contributed by atoms with Gasteiger partial charge in [-0.3, -0.25) is 9.69 Å². The largest absolute Gasteiger partial charge is 0.355 e. The number of piperidine rings is 1. The lowest BCUT2D eigenvalue weighted by atomic mass is 10.1. The van der Waals surface area contributed by atoms with Crippen LogP contribution in [0.3, 0.4) is 0 Å². The van der Waals surface area contributed by atoms with E-state index in [1.54, 1.807) is 0 Å². The number of hydrogen-bond acceptors (Lipinski definition) is 5.